The van der Waals surface area contributed by atoms with Gasteiger partial charge in [-0.2, -0.15) is 0 Å². The van der Waals surface area contributed by atoms with E-state index in [1.54, 1.807) is 6.07 Å². The van der Waals surface area contributed by atoms with Gasteiger partial charge in [-0.15, -0.1) is 0 Å². The molecule has 2 rings (SSSR count). The van der Waals surface area contributed by atoms with E-state index in [1.807, 2.05) is 31.7 Å². The Hall–Kier alpha value is -1.68. The molecule has 0 aliphatic rings. The third-order valence-corrected chi connectivity index (χ3v) is 2.91. The molecule has 0 fully saturated rings. The van der Waals surface area contributed by atoms with Crippen LogP contribution in [-0.4, -0.2) is 16.6 Å². The summed E-state index contributed by atoms with van der Waals surface area (Å²) < 4.78 is 15.2. The van der Waals surface area contributed by atoms with Gasteiger partial charge in [0.2, 0.25) is 0 Å². The fourth-order valence-corrected chi connectivity index (χ4v) is 1.86. The number of imidazole rings is 1. The van der Waals surface area contributed by atoms with Gasteiger partial charge < -0.3 is 9.88 Å². The van der Waals surface area contributed by atoms with Crippen LogP contribution in [0.15, 0.2) is 24.3 Å². The zero-order chi connectivity index (χ0) is 12.4. The summed E-state index contributed by atoms with van der Waals surface area (Å²) in [6.07, 6.45) is 0. The zero-order valence-corrected chi connectivity index (χ0v) is 10.3. The lowest BCUT2D eigenvalue weighted by Gasteiger charge is -2.03. The lowest BCUT2D eigenvalue weighted by molar-refractivity contribution is 0.628. The van der Waals surface area contributed by atoms with Crippen LogP contribution in [0.4, 0.5) is 4.39 Å². The van der Waals surface area contributed by atoms with Crippen molar-refractivity contribution in [3.8, 4) is 11.4 Å². The van der Waals surface area contributed by atoms with Crippen LogP contribution in [0.5, 0.6) is 0 Å². The first-order valence-electron chi connectivity index (χ1n) is 5.56. The molecular weight excluding hydrogens is 217 g/mol. The predicted octanol–water partition coefficient (Wildman–Crippen LogP) is 2.25. The lowest BCUT2D eigenvalue weighted by atomic mass is 10.2. The van der Waals surface area contributed by atoms with E-state index in [0.29, 0.717) is 0 Å². The number of halogens is 1. The maximum Gasteiger partial charge on any atom is 0.140 e. The molecule has 1 aromatic heterocycles. The van der Waals surface area contributed by atoms with E-state index in [1.165, 1.54) is 12.1 Å². The summed E-state index contributed by atoms with van der Waals surface area (Å²) in [4.78, 5) is 4.54. The van der Waals surface area contributed by atoms with Crippen LogP contribution >= 0.6 is 0 Å². The molecule has 1 N–H and O–H groups in total. The zero-order valence-electron chi connectivity index (χ0n) is 10.3. The molecule has 1 aromatic carbocycles. The summed E-state index contributed by atoms with van der Waals surface area (Å²) in [6.45, 7) is 2.73. The Morgan fingerprint density at radius 1 is 1.41 bits per heavy atom. The molecule has 0 radical (unpaired) electrons. The fourth-order valence-electron chi connectivity index (χ4n) is 1.86. The second kappa shape index (κ2) is 4.67. The first-order chi connectivity index (χ1) is 8.13. The van der Waals surface area contributed by atoms with Gasteiger partial charge in [-0.05, 0) is 26.1 Å². The average Bonchev–Trinajstić information content (AvgIpc) is 2.58. The average molecular weight is 233 g/mol. The van der Waals surface area contributed by atoms with Crippen LogP contribution in [0.3, 0.4) is 0 Å². The van der Waals surface area contributed by atoms with Gasteiger partial charge in [-0.25, -0.2) is 9.37 Å². The van der Waals surface area contributed by atoms with Gasteiger partial charge in [0.1, 0.15) is 11.6 Å². The largest absolute Gasteiger partial charge is 0.331 e. The summed E-state index contributed by atoms with van der Waals surface area (Å²) in [6, 6.07) is 6.51. The van der Waals surface area contributed by atoms with Crippen molar-refractivity contribution in [2.45, 2.75) is 13.5 Å². The molecule has 17 heavy (non-hydrogen) atoms. The van der Waals surface area contributed by atoms with Crippen molar-refractivity contribution in [1.82, 2.24) is 14.9 Å². The highest BCUT2D eigenvalue weighted by Crippen LogP contribution is 2.21. The summed E-state index contributed by atoms with van der Waals surface area (Å²) in [5.74, 6) is 0.561. The van der Waals surface area contributed by atoms with E-state index in [9.17, 15) is 4.39 Å². The van der Waals surface area contributed by atoms with Crippen LogP contribution in [0, 0.1) is 12.7 Å². The van der Waals surface area contributed by atoms with Gasteiger partial charge in [0.25, 0.3) is 0 Å². The van der Waals surface area contributed by atoms with E-state index in [-0.39, 0.29) is 5.82 Å². The normalized spacial score (nSPS) is 10.8. The van der Waals surface area contributed by atoms with E-state index in [2.05, 4.69) is 10.3 Å². The highest BCUT2D eigenvalue weighted by Gasteiger charge is 2.12. The van der Waals surface area contributed by atoms with Gasteiger partial charge in [0.15, 0.2) is 0 Å². The minimum absolute atomic E-state index is 0.238. The van der Waals surface area contributed by atoms with Crippen molar-refractivity contribution in [2.75, 3.05) is 7.05 Å². The van der Waals surface area contributed by atoms with Crippen molar-refractivity contribution in [3.63, 3.8) is 0 Å². The number of nitrogens with zero attached hydrogens (tertiary/aromatic N) is 2. The molecule has 0 bridgehead atoms. The Balaban J connectivity index is 2.49. The Morgan fingerprint density at radius 3 is 2.82 bits per heavy atom. The van der Waals surface area contributed by atoms with Gasteiger partial charge in [0.05, 0.1) is 5.69 Å². The Kier molecular flexibility index (Phi) is 3.24. The Labute approximate surface area is 100 Å². The van der Waals surface area contributed by atoms with Gasteiger partial charge in [-0.1, -0.05) is 12.1 Å². The number of hydrogen-bond acceptors (Lipinski definition) is 2. The molecule has 0 saturated heterocycles. The summed E-state index contributed by atoms with van der Waals surface area (Å²) in [7, 11) is 3.83. The molecule has 0 aliphatic heterocycles. The monoisotopic (exact) mass is 233 g/mol. The van der Waals surface area contributed by atoms with E-state index in [4.69, 9.17) is 0 Å². The SMILES string of the molecule is CNCc1nc(-c2cccc(F)c2)n(C)c1C. The fraction of sp³-hybridized carbons (Fsp3) is 0.308. The number of hydrogen-bond donors (Lipinski definition) is 1. The molecule has 0 saturated carbocycles. The summed E-state index contributed by atoms with van der Waals surface area (Å²) in [5.41, 5.74) is 2.89. The smallest absolute Gasteiger partial charge is 0.140 e. The Morgan fingerprint density at radius 2 is 2.18 bits per heavy atom. The molecule has 4 heteroatoms. The molecule has 3 nitrogen and oxygen atoms in total. The minimum Gasteiger partial charge on any atom is -0.331 e. The molecule has 1 heterocycles. The molecule has 0 atom stereocenters. The predicted molar refractivity (Wildman–Crippen MR) is 66.1 cm³/mol. The molecule has 2 aromatic rings. The first-order valence-corrected chi connectivity index (χ1v) is 5.56. The minimum atomic E-state index is -0.238. The highest BCUT2D eigenvalue weighted by molar-refractivity contribution is 5.56. The van der Waals surface area contributed by atoms with Crippen molar-refractivity contribution in [3.05, 3.63) is 41.5 Å². The number of aromatic nitrogens is 2. The van der Waals surface area contributed by atoms with Gasteiger partial charge >= 0.3 is 0 Å². The molecule has 0 unspecified atom stereocenters. The van der Waals surface area contributed by atoms with Crippen LogP contribution in [0.25, 0.3) is 11.4 Å². The summed E-state index contributed by atoms with van der Waals surface area (Å²) >= 11 is 0. The number of nitrogens with one attached hydrogen (secondary N) is 1. The maximum absolute atomic E-state index is 13.2. The third-order valence-electron chi connectivity index (χ3n) is 2.91. The van der Waals surface area contributed by atoms with E-state index >= 15 is 0 Å². The number of rotatable bonds is 3. The molecule has 90 valence electrons. The highest BCUT2D eigenvalue weighted by atomic mass is 19.1. The lowest BCUT2D eigenvalue weighted by Crippen LogP contribution is -2.07. The van der Waals surface area contributed by atoms with Crippen molar-refractivity contribution in [2.24, 2.45) is 7.05 Å². The van der Waals surface area contributed by atoms with Crippen LogP contribution in [0.2, 0.25) is 0 Å². The third kappa shape index (κ3) is 2.22. The van der Waals surface area contributed by atoms with Crippen molar-refractivity contribution < 1.29 is 4.39 Å². The van der Waals surface area contributed by atoms with Gasteiger partial charge in [-0.3, -0.25) is 0 Å². The molecule has 0 spiro atoms. The molecule has 0 aliphatic carbocycles. The van der Waals surface area contributed by atoms with Crippen LogP contribution in [0.1, 0.15) is 11.4 Å². The molecular formula is C13H16FN3. The van der Waals surface area contributed by atoms with Crippen molar-refractivity contribution >= 4 is 0 Å². The second-order valence-corrected chi connectivity index (χ2v) is 4.07. The topological polar surface area (TPSA) is 29.9 Å². The number of benzene rings is 1. The molecule has 0 amide bonds. The van der Waals surface area contributed by atoms with Crippen LogP contribution in [-0.2, 0) is 13.6 Å². The van der Waals surface area contributed by atoms with Crippen molar-refractivity contribution in [1.29, 1.82) is 0 Å². The van der Waals surface area contributed by atoms with E-state index in [0.717, 1.165) is 29.3 Å². The van der Waals surface area contributed by atoms with Gasteiger partial charge in [0, 0.05) is 24.8 Å². The van der Waals surface area contributed by atoms with E-state index < -0.39 is 0 Å². The summed E-state index contributed by atoms with van der Waals surface area (Å²) in [5, 5.41) is 3.08. The maximum atomic E-state index is 13.2. The standard InChI is InChI=1S/C13H16FN3/c1-9-12(8-15-2)16-13(17(9)3)10-5-4-6-11(14)7-10/h4-7,15H,8H2,1-3H3. The van der Waals surface area contributed by atoms with Crippen LogP contribution < -0.4 is 5.32 Å². The quantitative estimate of drug-likeness (QED) is 0.881. The Bertz CT molecular complexity index is 531. The first kappa shape index (κ1) is 11.8. The second-order valence-electron chi connectivity index (χ2n) is 4.07.